The summed E-state index contributed by atoms with van der Waals surface area (Å²) in [6, 6.07) is 0. The largest absolute Gasteiger partial charge is 0.444 e. The standard InChI is InChI=1S/C15H26NO3.Al.2H/c1-15(2,3)19-14(18)16-9-8-12(10-16)11-4-6-13(17)7-5-11;;;/h12-13,17H,4-10H2,1-3H3;;;. The van der Waals surface area contributed by atoms with E-state index in [1.807, 2.05) is 25.7 Å². The van der Waals surface area contributed by atoms with Gasteiger partial charge in [-0.05, 0) is 46.0 Å². The lowest BCUT2D eigenvalue weighted by Gasteiger charge is -2.41. The highest BCUT2D eigenvalue weighted by molar-refractivity contribution is 6.15. The summed E-state index contributed by atoms with van der Waals surface area (Å²) in [5, 5.41) is 9.68. The molecule has 1 atom stereocenters. The van der Waals surface area contributed by atoms with Crippen LogP contribution in [-0.4, -0.2) is 57.2 Å². The van der Waals surface area contributed by atoms with Gasteiger partial charge in [0.15, 0.2) is 0 Å². The summed E-state index contributed by atoms with van der Waals surface area (Å²) in [6.07, 6.45) is 4.97. The Kier molecular flexibility index (Phi) is 4.73. The van der Waals surface area contributed by atoms with Crippen molar-refractivity contribution in [3.05, 3.63) is 0 Å². The lowest BCUT2D eigenvalue weighted by Crippen LogP contribution is -2.37. The molecule has 0 bridgehead atoms. The van der Waals surface area contributed by atoms with Crippen LogP contribution in [0.4, 0.5) is 4.79 Å². The van der Waals surface area contributed by atoms with Gasteiger partial charge < -0.3 is 14.7 Å². The van der Waals surface area contributed by atoms with E-state index in [9.17, 15) is 9.90 Å². The molecule has 114 valence electrons. The van der Waals surface area contributed by atoms with Crippen LogP contribution in [0.3, 0.4) is 0 Å². The molecule has 0 radical (unpaired) electrons. The first-order chi connectivity index (χ1) is 9.20. The molecular formula is C15H28AlNO3. The van der Waals surface area contributed by atoms with Crippen molar-refractivity contribution in [1.29, 1.82) is 0 Å². The summed E-state index contributed by atoms with van der Waals surface area (Å²) in [4.78, 5) is 14.0. The first kappa shape index (κ1) is 16.1. The SMILES string of the molecule is CC(C)(C)OC(=O)N1CCC([C]2([AlH2])CCC(O)CC2)C1. The molecule has 1 amide bonds. The van der Waals surface area contributed by atoms with E-state index >= 15 is 0 Å². The molecule has 2 fully saturated rings. The van der Waals surface area contributed by atoms with E-state index in [2.05, 4.69) is 0 Å². The van der Waals surface area contributed by atoms with Gasteiger partial charge in [-0.1, -0.05) is 17.1 Å². The van der Waals surface area contributed by atoms with Gasteiger partial charge in [0.25, 0.3) is 0 Å². The first-order valence-electron chi connectivity index (χ1n) is 7.86. The van der Waals surface area contributed by atoms with Gasteiger partial charge in [-0.2, -0.15) is 0 Å². The molecule has 1 aliphatic carbocycles. The number of hydrogen-bond acceptors (Lipinski definition) is 3. The van der Waals surface area contributed by atoms with Gasteiger partial charge >= 0.3 is 6.09 Å². The van der Waals surface area contributed by atoms with Crippen LogP contribution < -0.4 is 0 Å². The molecule has 1 aliphatic heterocycles. The van der Waals surface area contributed by atoms with Crippen molar-refractivity contribution in [2.24, 2.45) is 5.92 Å². The van der Waals surface area contributed by atoms with Crippen molar-refractivity contribution < 1.29 is 14.6 Å². The lowest BCUT2D eigenvalue weighted by atomic mass is 9.77. The summed E-state index contributed by atoms with van der Waals surface area (Å²) >= 11 is 1.15. The zero-order chi connectivity index (χ0) is 15.0. The normalized spacial score (nSPS) is 35.1. The minimum absolute atomic E-state index is 0.0968. The van der Waals surface area contributed by atoms with Crippen LogP contribution in [0.15, 0.2) is 0 Å². The van der Waals surface area contributed by atoms with Crippen LogP contribution in [0.5, 0.6) is 0 Å². The van der Waals surface area contributed by atoms with Crippen LogP contribution >= 0.6 is 0 Å². The first-order valence-corrected chi connectivity index (χ1v) is 8.86. The molecule has 1 N–H and O–H groups in total. The molecule has 2 rings (SSSR count). The maximum Gasteiger partial charge on any atom is 0.410 e. The monoisotopic (exact) mass is 297 g/mol. The zero-order valence-corrected chi connectivity index (χ0v) is 15.3. The van der Waals surface area contributed by atoms with E-state index in [4.69, 9.17) is 4.74 Å². The summed E-state index contributed by atoms with van der Waals surface area (Å²) in [7, 11) is 0. The number of amides is 1. The fourth-order valence-corrected chi connectivity index (χ4v) is 4.54. The van der Waals surface area contributed by atoms with Crippen molar-refractivity contribution in [1.82, 2.24) is 4.90 Å². The highest BCUT2D eigenvalue weighted by atomic mass is 27.0. The van der Waals surface area contributed by atoms with Gasteiger partial charge in [-0.3, -0.25) is 0 Å². The Morgan fingerprint density at radius 1 is 1.30 bits per heavy atom. The van der Waals surface area contributed by atoms with E-state index < -0.39 is 5.60 Å². The number of likely N-dealkylation sites (tertiary alicyclic amines) is 1. The molecule has 5 heteroatoms. The third kappa shape index (κ3) is 3.90. The number of aliphatic hydroxyl groups excluding tert-OH is 1. The van der Waals surface area contributed by atoms with Gasteiger partial charge in [0.2, 0.25) is 16.3 Å². The summed E-state index contributed by atoms with van der Waals surface area (Å²) < 4.78 is 5.88. The van der Waals surface area contributed by atoms with Gasteiger partial charge in [-0.25, -0.2) is 4.79 Å². The number of rotatable bonds is 1. The van der Waals surface area contributed by atoms with Crippen molar-refractivity contribution >= 4 is 22.4 Å². The van der Waals surface area contributed by atoms with E-state index in [0.717, 1.165) is 61.5 Å². The second-order valence-electron chi connectivity index (χ2n) is 7.80. The van der Waals surface area contributed by atoms with Gasteiger partial charge in [0.1, 0.15) is 5.60 Å². The van der Waals surface area contributed by atoms with Crippen LogP contribution in [0.25, 0.3) is 0 Å². The molecule has 1 unspecified atom stereocenters. The highest BCUT2D eigenvalue weighted by Crippen LogP contribution is 2.49. The van der Waals surface area contributed by atoms with Crippen LogP contribution in [0.1, 0.15) is 52.9 Å². The minimum Gasteiger partial charge on any atom is -0.444 e. The Balaban J connectivity index is 1.90. The van der Waals surface area contributed by atoms with E-state index in [0.29, 0.717) is 10.2 Å². The molecule has 2 aliphatic rings. The number of carbonyl (C=O) groups is 1. The average molecular weight is 297 g/mol. The van der Waals surface area contributed by atoms with Crippen molar-refractivity contribution in [3.63, 3.8) is 0 Å². The maximum atomic E-state index is 12.1. The molecule has 20 heavy (non-hydrogen) atoms. The number of hydrogen-bond donors (Lipinski definition) is 1. The van der Waals surface area contributed by atoms with Gasteiger partial charge in [-0.15, -0.1) is 0 Å². The molecule has 0 aromatic heterocycles. The second kappa shape index (κ2) is 5.87. The second-order valence-corrected chi connectivity index (χ2v) is 9.79. The lowest BCUT2D eigenvalue weighted by molar-refractivity contribution is 0.0278. The Bertz CT molecular complexity index is 359. The molecular weight excluding hydrogens is 269 g/mol. The molecule has 0 aromatic rings. The fraction of sp³-hybridized carbons (Fsp3) is 0.933. The predicted molar refractivity (Wildman–Crippen MR) is 81.6 cm³/mol. The smallest absolute Gasteiger partial charge is 0.410 e. The van der Waals surface area contributed by atoms with Crippen molar-refractivity contribution in [3.8, 4) is 0 Å². The predicted octanol–water partition coefficient (Wildman–Crippen LogP) is 1.97. The van der Waals surface area contributed by atoms with Crippen molar-refractivity contribution in [2.45, 2.75) is 68.9 Å². The van der Waals surface area contributed by atoms with Crippen LogP contribution in [-0.2, 0) is 4.74 Å². The third-order valence-corrected chi connectivity index (χ3v) is 6.74. The maximum absolute atomic E-state index is 12.1. The summed E-state index contributed by atoms with van der Waals surface area (Å²) in [6.45, 7) is 7.40. The molecule has 1 saturated carbocycles. The van der Waals surface area contributed by atoms with E-state index in [-0.39, 0.29) is 12.2 Å². The summed E-state index contributed by atoms with van der Waals surface area (Å²) in [5.74, 6) is 0.606. The van der Waals surface area contributed by atoms with Crippen LogP contribution in [0.2, 0.25) is 4.28 Å². The quantitative estimate of drug-likeness (QED) is 0.753. The molecule has 0 aromatic carbocycles. The van der Waals surface area contributed by atoms with Gasteiger partial charge in [0.05, 0.1) is 6.10 Å². The zero-order valence-electron chi connectivity index (χ0n) is 13.3. The topological polar surface area (TPSA) is 49.8 Å². The van der Waals surface area contributed by atoms with Gasteiger partial charge in [0, 0.05) is 13.1 Å². The molecule has 1 heterocycles. The van der Waals surface area contributed by atoms with E-state index in [1.54, 1.807) is 0 Å². The summed E-state index contributed by atoms with van der Waals surface area (Å²) in [5.41, 5.74) is -0.414. The van der Waals surface area contributed by atoms with Crippen molar-refractivity contribution in [2.75, 3.05) is 13.1 Å². The third-order valence-electron chi connectivity index (χ3n) is 4.92. The Labute approximate surface area is 130 Å². The average Bonchev–Trinajstić information content (AvgIpc) is 2.81. The Morgan fingerprint density at radius 3 is 2.45 bits per heavy atom. The number of nitrogens with zero attached hydrogens (tertiary/aromatic N) is 1. The Hall–Kier alpha value is -0.238. The molecule has 0 spiro atoms. The fourth-order valence-electron chi connectivity index (χ4n) is 3.49. The molecule has 1 saturated heterocycles. The molecule has 4 nitrogen and oxygen atoms in total. The number of carbonyl (C=O) groups excluding carboxylic acids is 1. The number of ether oxygens (including phenoxy) is 1. The van der Waals surface area contributed by atoms with Crippen LogP contribution in [0, 0.1) is 5.92 Å². The number of aliphatic hydroxyl groups is 1. The Morgan fingerprint density at radius 2 is 1.90 bits per heavy atom. The highest BCUT2D eigenvalue weighted by Gasteiger charge is 2.42. The van der Waals surface area contributed by atoms with E-state index in [1.165, 1.54) is 0 Å². The minimum atomic E-state index is -0.414.